The van der Waals surface area contributed by atoms with Crippen molar-refractivity contribution in [1.82, 2.24) is 4.72 Å². The van der Waals surface area contributed by atoms with Crippen LogP contribution < -0.4 is 9.46 Å². The van der Waals surface area contributed by atoms with Gasteiger partial charge >= 0.3 is 0 Å². The Hall–Kier alpha value is -1.11. The number of rotatable bonds is 6. The topological polar surface area (TPSA) is 64.6 Å². The molecule has 21 heavy (non-hydrogen) atoms. The maximum atomic E-state index is 12.4. The van der Waals surface area contributed by atoms with Gasteiger partial charge < -0.3 is 9.47 Å². The molecule has 0 saturated carbocycles. The molecule has 1 aliphatic rings. The van der Waals surface area contributed by atoms with Crippen molar-refractivity contribution >= 4 is 10.0 Å². The van der Waals surface area contributed by atoms with Gasteiger partial charge in [-0.2, -0.15) is 0 Å². The highest BCUT2D eigenvalue weighted by molar-refractivity contribution is 7.89. The quantitative estimate of drug-likeness (QED) is 0.871. The van der Waals surface area contributed by atoms with E-state index >= 15 is 0 Å². The van der Waals surface area contributed by atoms with Crippen molar-refractivity contribution in [2.45, 2.75) is 25.8 Å². The molecule has 1 atom stereocenters. The van der Waals surface area contributed by atoms with Crippen LogP contribution in [0.15, 0.2) is 24.3 Å². The highest BCUT2D eigenvalue weighted by Crippen LogP contribution is 2.30. The van der Waals surface area contributed by atoms with Gasteiger partial charge in [0, 0.05) is 12.2 Å². The Kier molecular flexibility index (Phi) is 4.91. The van der Waals surface area contributed by atoms with E-state index in [9.17, 15) is 8.42 Å². The number of sulfonamides is 1. The predicted molar refractivity (Wildman–Crippen MR) is 81.9 cm³/mol. The molecular weight excluding hydrogens is 290 g/mol. The van der Waals surface area contributed by atoms with E-state index in [1.165, 1.54) is 0 Å². The number of nitrogens with one attached hydrogen (secondary N) is 1. The third-order valence-corrected chi connectivity index (χ3v) is 5.40. The number of ether oxygens (including phenoxy) is 2. The van der Waals surface area contributed by atoms with Crippen molar-refractivity contribution in [2.75, 3.05) is 26.1 Å². The molecule has 2 rings (SSSR count). The molecule has 6 heteroatoms. The van der Waals surface area contributed by atoms with E-state index in [2.05, 4.69) is 4.72 Å². The summed E-state index contributed by atoms with van der Waals surface area (Å²) in [6.45, 7) is 4.85. The minimum atomic E-state index is -3.38. The second-order valence-electron chi connectivity index (χ2n) is 5.94. The van der Waals surface area contributed by atoms with Crippen LogP contribution in [0.1, 0.15) is 25.8 Å². The average molecular weight is 313 g/mol. The van der Waals surface area contributed by atoms with Gasteiger partial charge in [0.2, 0.25) is 10.0 Å². The van der Waals surface area contributed by atoms with E-state index < -0.39 is 15.6 Å². The minimum Gasteiger partial charge on any atom is -0.496 e. The van der Waals surface area contributed by atoms with E-state index in [1.54, 1.807) is 7.11 Å². The maximum Gasteiger partial charge on any atom is 0.212 e. The number of methoxy groups -OCH3 is 1. The molecule has 118 valence electrons. The van der Waals surface area contributed by atoms with Crippen molar-refractivity contribution in [1.29, 1.82) is 0 Å². The van der Waals surface area contributed by atoms with Gasteiger partial charge in [-0.25, -0.2) is 13.1 Å². The third-order valence-electron chi connectivity index (χ3n) is 3.67. The largest absolute Gasteiger partial charge is 0.496 e. The summed E-state index contributed by atoms with van der Waals surface area (Å²) in [5, 5.41) is 0. The van der Waals surface area contributed by atoms with Crippen LogP contribution in [0.2, 0.25) is 0 Å². The normalized spacial score (nSPS) is 19.7. The molecule has 1 N–H and O–H groups in total. The zero-order chi connectivity index (χ0) is 15.5. The molecule has 1 saturated heterocycles. The zero-order valence-corrected chi connectivity index (χ0v) is 13.6. The van der Waals surface area contributed by atoms with E-state index in [0.717, 1.165) is 12.0 Å². The number of benzene rings is 1. The van der Waals surface area contributed by atoms with Crippen molar-refractivity contribution < 1.29 is 17.9 Å². The predicted octanol–water partition coefficient (Wildman–Crippen LogP) is 1.89. The number of hydrogen-bond acceptors (Lipinski definition) is 4. The van der Waals surface area contributed by atoms with Gasteiger partial charge in [0.05, 0.1) is 25.0 Å². The first-order valence-corrected chi connectivity index (χ1v) is 8.72. The van der Waals surface area contributed by atoms with E-state index in [-0.39, 0.29) is 11.7 Å². The maximum absolute atomic E-state index is 12.4. The van der Waals surface area contributed by atoms with Gasteiger partial charge in [-0.15, -0.1) is 0 Å². The van der Waals surface area contributed by atoms with Crippen LogP contribution in [0.25, 0.3) is 0 Å². The van der Waals surface area contributed by atoms with Crippen LogP contribution in [0.4, 0.5) is 0 Å². The van der Waals surface area contributed by atoms with Crippen LogP contribution in [0.5, 0.6) is 5.75 Å². The summed E-state index contributed by atoms with van der Waals surface area (Å²) in [4.78, 5) is 0. The smallest absolute Gasteiger partial charge is 0.212 e. The first kappa shape index (κ1) is 16.3. The van der Waals surface area contributed by atoms with Crippen LogP contribution in [0, 0.1) is 5.92 Å². The van der Waals surface area contributed by atoms with Gasteiger partial charge in [-0.3, -0.25) is 0 Å². The van der Waals surface area contributed by atoms with E-state index in [1.807, 2.05) is 38.1 Å². The van der Waals surface area contributed by atoms with Crippen LogP contribution in [-0.4, -0.2) is 34.5 Å². The Morgan fingerprint density at radius 3 is 2.71 bits per heavy atom. The molecule has 0 amide bonds. The first-order valence-electron chi connectivity index (χ1n) is 7.07. The highest BCUT2D eigenvalue weighted by atomic mass is 32.2. The zero-order valence-electron chi connectivity index (χ0n) is 12.8. The van der Waals surface area contributed by atoms with Gasteiger partial charge in [0.1, 0.15) is 5.75 Å². The summed E-state index contributed by atoms with van der Waals surface area (Å²) < 4.78 is 38.1. The second kappa shape index (κ2) is 6.34. The lowest BCUT2D eigenvalue weighted by atomic mass is 9.95. The third kappa shape index (κ3) is 4.18. The van der Waals surface area contributed by atoms with Crippen molar-refractivity contribution in [3.63, 3.8) is 0 Å². The monoisotopic (exact) mass is 313 g/mol. The molecule has 1 aromatic rings. The summed E-state index contributed by atoms with van der Waals surface area (Å²) in [5.41, 5.74) is 0.0870. The lowest BCUT2D eigenvalue weighted by molar-refractivity contribution is 0.188. The number of para-hydroxylation sites is 1. The molecule has 0 spiro atoms. The SMILES string of the molecule is COc1ccccc1C(C)(C)NS(=O)(=O)C[C@@H]1CCOC1. The fourth-order valence-electron chi connectivity index (χ4n) is 2.67. The fourth-order valence-corrected chi connectivity index (χ4v) is 4.53. The summed E-state index contributed by atoms with van der Waals surface area (Å²) in [5.74, 6) is 0.858. The summed E-state index contributed by atoms with van der Waals surface area (Å²) in [7, 11) is -1.80. The Labute approximate surface area is 126 Å². The molecule has 1 heterocycles. The molecule has 0 bridgehead atoms. The summed E-state index contributed by atoms with van der Waals surface area (Å²) in [6.07, 6.45) is 0.802. The molecular formula is C15H23NO4S. The van der Waals surface area contributed by atoms with E-state index in [0.29, 0.717) is 19.0 Å². The lowest BCUT2D eigenvalue weighted by Gasteiger charge is -2.28. The Morgan fingerprint density at radius 2 is 2.10 bits per heavy atom. The van der Waals surface area contributed by atoms with Crippen molar-refractivity contribution in [3.8, 4) is 5.75 Å². The molecule has 5 nitrogen and oxygen atoms in total. The second-order valence-corrected chi connectivity index (χ2v) is 7.71. The van der Waals surface area contributed by atoms with E-state index in [4.69, 9.17) is 9.47 Å². The molecule has 0 radical (unpaired) electrons. The first-order chi connectivity index (χ1) is 9.84. The Morgan fingerprint density at radius 1 is 1.38 bits per heavy atom. The standard InChI is InChI=1S/C15H23NO4S/c1-15(2,13-6-4-5-7-14(13)19-3)16-21(17,18)11-12-8-9-20-10-12/h4-7,12,16H,8-11H2,1-3H3/t12-/m1/s1. The summed E-state index contributed by atoms with van der Waals surface area (Å²) in [6, 6.07) is 7.44. The molecule has 0 aromatic heterocycles. The van der Waals surface area contributed by atoms with Crippen molar-refractivity contribution in [2.24, 2.45) is 5.92 Å². The van der Waals surface area contributed by atoms with Gasteiger partial charge in [-0.05, 0) is 32.3 Å². The molecule has 1 aromatic carbocycles. The Bertz CT molecular complexity index is 577. The molecule has 1 fully saturated rings. The molecule has 1 aliphatic heterocycles. The number of hydrogen-bond donors (Lipinski definition) is 1. The summed E-state index contributed by atoms with van der Waals surface area (Å²) >= 11 is 0. The van der Waals surface area contributed by atoms with Gasteiger partial charge in [0.15, 0.2) is 0 Å². The molecule has 0 unspecified atom stereocenters. The Balaban J connectivity index is 2.15. The molecule has 0 aliphatic carbocycles. The van der Waals surface area contributed by atoms with Crippen LogP contribution in [0.3, 0.4) is 0 Å². The van der Waals surface area contributed by atoms with Crippen molar-refractivity contribution in [3.05, 3.63) is 29.8 Å². The minimum absolute atomic E-state index is 0.0796. The average Bonchev–Trinajstić information content (AvgIpc) is 2.89. The van der Waals surface area contributed by atoms with Crippen LogP contribution in [-0.2, 0) is 20.3 Å². The van der Waals surface area contributed by atoms with Crippen LogP contribution >= 0.6 is 0 Å². The fraction of sp³-hybridized carbons (Fsp3) is 0.600. The van der Waals surface area contributed by atoms with Gasteiger partial charge in [0.25, 0.3) is 0 Å². The van der Waals surface area contributed by atoms with Gasteiger partial charge in [-0.1, -0.05) is 18.2 Å². The lowest BCUT2D eigenvalue weighted by Crippen LogP contribution is -2.43. The highest BCUT2D eigenvalue weighted by Gasteiger charge is 2.31.